The maximum absolute atomic E-state index is 12.5. The molecule has 0 fully saturated rings. The lowest BCUT2D eigenvalue weighted by Crippen LogP contribution is -2.05. The topological polar surface area (TPSA) is 0 Å². The molecule has 0 N–H and O–H groups in total. The lowest BCUT2D eigenvalue weighted by molar-refractivity contribution is -0.137. The largest absolute Gasteiger partial charge is 0.416 e. The molecule has 106 valence electrons. The summed E-state index contributed by atoms with van der Waals surface area (Å²) >= 11 is 12.3. The summed E-state index contributed by atoms with van der Waals surface area (Å²) in [5, 5.41) is 0.180. The molecule has 0 aliphatic rings. The summed E-state index contributed by atoms with van der Waals surface area (Å²) in [6.45, 7) is 0. The molecule has 5 heteroatoms. The first-order chi connectivity index (χ1) is 9.38. The van der Waals surface area contributed by atoms with Crippen molar-refractivity contribution in [1.29, 1.82) is 0 Å². The predicted octanol–water partition coefficient (Wildman–Crippen LogP) is 5.88. The van der Waals surface area contributed by atoms with E-state index in [0.29, 0.717) is 11.4 Å². The van der Waals surface area contributed by atoms with Crippen molar-refractivity contribution in [1.82, 2.24) is 0 Å². The van der Waals surface area contributed by atoms with Crippen LogP contribution in [0.3, 0.4) is 0 Å². The molecule has 0 saturated carbocycles. The van der Waals surface area contributed by atoms with Gasteiger partial charge in [-0.15, -0.1) is 11.6 Å². The van der Waals surface area contributed by atoms with Gasteiger partial charge in [0.25, 0.3) is 0 Å². The molecule has 1 atom stereocenters. The lowest BCUT2D eigenvalue weighted by Gasteiger charge is -2.12. The Bertz CT molecular complexity index is 576. The average molecular weight is 319 g/mol. The Morgan fingerprint density at radius 3 is 2.10 bits per heavy atom. The fourth-order valence-corrected chi connectivity index (χ4v) is 2.57. The first-order valence-electron chi connectivity index (χ1n) is 5.92. The van der Waals surface area contributed by atoms with Crippen LogP contribution in [0.1, 0.15) is 22.1 Å². The zero-order chi connectivity index (χ0) is 14.8. The number of hydrogen-bond acceptors (Lipinski definition) is 0. The van der Waals surface area contributed by atoms with Crippen LogP contribution in [-0.2, 0) is 12.6 Å². The van der Waals surface area contributed by atoms with Crippen LogP contribution < -0.4 is 0 Å². The van der Waals surface area contributed by atoms with Crippen LogP contribution in [0.15, 0.2) is 48.5 Å². The Kier molecular flexibility index (Phi) is 4.61. The molecule has 20 heavy (non-hydrogen) atoms. The van der Waals surface area contributed by atoms with E-state index in [1.54, 1.807) is 12.1 Å². The first-order valence-corrected chi connectivity index (χ1v) is 6.74. The molecule has 0 bridgehead atoms. The van der Waals surface area contributed by atoms with Crippen LogP contribution in [0.4, 0.5) is 13.2 Å². The van der Waals surface area contributed by atoms with E-state index in [-0.39, 0.29) is 5.38 Å². The summed E-state index contributed by atoms with van der Waals surface area (Å²) in [6.07, 6.45) is -3.90. The van der Waals surface area contributed by atoms with E-state index in [1.807, 2.05) is 12.1 Å². The SMILES string of the molecule is FC(F)(F)c1ccc(CC(Cl)c2ccccc2Cl)cc1. The minimum Gasteiger partial charge on any atom is -0.166 e. The molecule has 0 aliphatic carbocycles. The molecule has 2 aromatic carbocycles. The molecular weight excluding hydrogens is 308 g/mol. The quantitative estimate of drug-likeness (QED) is 0.620. The van der Waals surface area contributed by atoms with E-state index in [9.17, 15) is 13.2 Å². The molecule has 0 saturated heterocycles. The highest BCUT2D eigenvalue weighted by atomic mass is 35.5. The third-order valence-electron chi connectivity index (χ3n) is 2.94. The summed E-state index contributed by atoms with van der Waals surface area (Å²) in [5.74, 6) is 0. The molecule has 0 spiro atoms. The van der Waals surface area contributed by atoms with Gasteiger partial charge >= 0.3 is 6.18 Å². The van der Waals surface area contributed by atoms with Crippen molar-refractivity contribution >= 4 is 23.2 Å². The molecule has 2 rings (SSSR count). The maximum Gasteiger partial charge on any atom is 0.416 e. The number of alkyl halides is 4. The van der Waals surface area contributed by atoms with Crippen LogP contribution >= 0.6 is 23.2 Å². The van der Waals surface area contributed by atoms with Crippen LogP contribution in [0.2, 0.25) is 5.02 Å². The second-order valence-electron chi connectivity index (χ2n) is 4.39. The maximum atomic E-state index is 12.5. The van der Waals surface area contributed by atoms with Crippen LogP contribution in [0, 0.1) is 0 Å². The van der Waals surface area contributed by atoms with Gasteiger partial charge in [0.2, 0.25) is 0 Å². The normalized spacial score (nSPS) is 13.2. The number of benzene rings is 2. The molecule has 2 aromatic rings. The van der Waals surface area contributed by atoms with Gasteiger partial charge < -0.3 is 0 Å². The number of hydrogen-bond donors (Lipinski definition) is 0. The predicted molar refractivity (Wildman–Crippen MR) is 75.2 cm³/mol. The summed E-state index contributed by atoms with van der Waals surface area (Å²) in [4.78, 5) is 0. The van der Waals surface area contributed by atoms with Gasteiger partial charge in [-0.05, 0) is 35.7 Å². The molecule has 0 aliphatic heterocycles. The van der Waals surface area contributed by atoms with Crippen LogP contribution in [0.5, 0.6) is 0 Å². The average Bonchev–Trinajstić information content (AvgIpc) is 2.38. The summed E-state index contributed by atoms with van der Waals surface area (Å²) < 4.78 is 37.4. The number of rotatable bonds is 3. The van der Waals surface area contributed by atoms with E-state index < -0.39 is 11.7 Å². The van der Waals surface area contributed by atoms with Gasteiger partial charge in [0.05, 0.1) is 10.9 Å². The lowest BCUT2D eigenvalue weighted by atomic mass is 10.0. The first kappa shape index (κ1) is 15.2. The van der Waals surface area contributed by atoms with Crippen molar-refractivity contribution in [3.05, 3.63) is 70.2 Å². The smallest absolute Gasteiger partial charge is 0.166 e. The molecule has 0 radical (unpaired) electrons. The van der Waals surface area contributed by atoms with E-state index in [0.717, 1.165) is 23.3 Å². The second-order valence-corrected chi connectivity index (χ2v) is 5.32. The Balaban J connectivity index is 2.13. The van der Waals surface area contributed by atoms with E-state index in [2.05, 4.69) is 0 Å². The van der Waals surface area contributed by atoms with Gasteiger partial charge in [0.15, 0.2) is 0 Å². The zero-order valence-corrected chi connectivity index (χ0v) is 11.8. The summed E-state index contributed by atoms with van der Waals surface area (Å²) in [5.41, 5.74) is 0.846. The third kappa shape index (κ3) is 3.68. The molecule has 0 heterocycles. The standard InChI is InChI=1S/C15H11Cl2F3/c16-13-4-2-1-3-12(13)14(17)9-10-5-7-11(8-6-10)15(18,19)20/h1-8,14H,9H2. The van der Waals surface area contributed by atoms with Gasteiger partial charge in [-0.1, -0.05) is 41.9 Å². The molecule has 1 unspecified atom stereocenters. The van der Waals surface area contributed by atoms with Crippen molar-refractivity contribution in [3.8, 4) is 0 Å². The van der Waals surface area contributed by atoms with Gasteiger partial charge in [-0.3, -0.25) is 0 Å². The molecule has 0 nitrogen and oxygen atoms in total. The van der Waals surface area contributed by atoms with Crippen molar-refractivity contribution in [3.63, 3.8) is 0 Å². The Morgan fingerprint density at radius 2 is 1.55 bits per heavy atom. The summed E-state index contributed by atoms with van der Waals surface area (Å²) in [6, 6.07) is 12.2. The fraction of sp³-hybridized carbons (Fsp3) is 0.200. The monoisotopic (exact) mass is 318 g/mol. The fourth-order valence-electron chi connectivity index (χ4n) is 1.88. The molecule has 0 aromatic heterocycles. The van der Waals surface area contributed by atoms with E-state index in [1.165, 1.54) is 12.1 Å². The van der Waals surface area contributed by atoms with Gasteiger partial charge in [0.1, 0.15) is 0 Å². The van der Waals surface area contributed by atoms with Gasteiger partial charge in [-0.2, -0.15) is 13.2 Å². The van der Waals surface area contributed by atoms with Crippen molar-refractivity contribution < 1.29 is 13.2 Å². The minimum absolute atomic E-state index is 0.375. The Hall–Kier alpha value is -1.19. The Labute approximate surface area is 125 Å². The Morgan fingerprint density at radius 1 is 0.950 bits per heavy atom. The van der Waals surface area contributed by atoms with Crippen molar-refractivity contribution in [2.45, 2.75) is 18.0 Å². The highest BCUT2D eigenvalue weighted by Crippen LogP contribution is 2.32. The van der Waals surface area contributed by atoms with Crippen LogP contribution in [0.25, 0.3) is 0 Å². The highest BCUT2D eigenvalue weighted by molar-refractivity contribution is 6.32. The van der Waals surface area contributed by atoms with Crippen molar-refractivity contribution in [2.75, 3.05) is 0 Å². The van der Waals surface area contributed by atoms with Crippen molar-refractivity contribution in [2.24, 2.45) is 0 Å². The van der Waals surface area contributed by atoms with Gasteiger partial charge in [-0.25, -0.2) is 0 Å². The van der Waals surface area contributed by atoms with E-state index >= 15 is 0 Å². The highest BCUT2D eigenvalue weighted by Gasteiger charge is 2.30. The van der Waals surface area contributed by atoms with E-state index in [4.69, 9.17) is 23.2 Å². The molecular formula is C15H11Cl2F3. The van der Waals surface area contributed by atoms with Gasteiger partial charge in [0, 0.05) is 5.02 Å². The second kappa shape index (κ2) is 6.06. The van der Waals surface area contributed by atoms with Crippen LogP contribution in [-0.4, -0.2) is 0 Å². The minimum atomic E-state index is -4.32. The zero-order valence-electron chi connectivity index (χ0n) is 10.3. The number of halogens is 5. The molecule has 0 amide bonds. The summed E-state index contributed by atoms with van der Waals surface area (Å²) in [7, 11) is 0. The third-order valence-corrected chi connectivity index (χ3v) is 3.67.